The number of benzene rings is 1. The van der Waals surface area contributed by atoms with Crippen molar-refractivity contribution in [3.63, 3.8) is 0 Å². The minimum absolute atomic E-state index is 0.0173. The molecule has 0 aromatic heterocycles. The van der Waals surface area contributed by atoms with E-state index in [1.54, 1.807) is 17.0 Å². The van der Waals surface area contributed by atoms with Crippen LogP contribution in [0, 0.1) is 16.0 Å². The standard InChI is InChI=1S/C23H32N4O4/c28-22(24-19-8-2-1-3-9-19)18-7-6-14-26(16-18)23(29)17-10-11-20(21(15-17)27(30)31)25-12-4-5-13-25/h10-11,15,18-19H,1-9,12-14,16H2,(H,24,28). The van der Waals surface area contributed by atoms with Crippen molar-refractivity contribution in [2.24, 2.45) is 5.92 Å². The number of carbonyl (C=O) groups excluding carboxylic acids is 2. The van der Waals surface area contributed by atoms with E-state index in [4.69, 9.17) is 0 Å². The smallest absolute Gasteiger partial charge is 0.293 e. The average molecular weight is 429 g/mol. The number of hydrogen-bond acceptors (Lipinski definition) is 5. The van der Waals surface area contributed by atoms with Crippen molar-refractivity contribution in [1.29, 1.82) is 0 Å². The van der Waals surface area contributed by atoms with E-state index in [9.17, 15) is 19.7 Å². The van der Waals surface area contributed by atoms with Crippen LogP contribution in [0.2, 0.25) is 0 Å². The van der Waals surface area contributed by atoms with E-state index in [1.165, 1.54) is 12.5 Å². The lowest BCUT2D eigenvalue weighted by molar-refractivity contribution is -0.384. The van der Waals surface area contributed by atoms with Gasteiger partial charge in [-0.3, -0.25) is 19.7 Å². The summed E-state index contributed by atoms with van der Waals surface area (Å²) in [6.45, 7) is 2.56. The molecule has 1 aliphatic carbocycles. The molecule has 1 N–H and O–H groups in total. The monoisotopic (exact) mass is 428 g/mol. The minimum atomic E-state index is -0.402. The second-order valence-corrected chi connectivity index (χ2v) is 9.09. The number of nitrogens with zero attached hydrogens (tertiary/aromatic N) is 3. The third kappa shape index (κ3) is 4.99. The molecule has 1 unspecified atom stereocenters. The van der Waals surface area contributed by atoms with E-state index in [-0.39, 0.29) is 29.5 Å². The Balaban J connectivity index is 1.44. The molecule has 0 radical (unpaired) electrons. The third-order valence-electron chi connectivity index (χ3n) is 6.90. The predicted molar refractivity (Wildman–Crippen MR) is 118 cm³/mol. The molecule has 3 fully saturated rings. The van der Waals surface area contributed by atoms with Crippen LogP contribution in [-0.4, -0.2) is 53.9 Å². The van der Waals surface area contributed by atoms with Crippen molar-refractivity contribution in [2.45, 2.75) is 63.8 Å². The molecule has 1 saturated carbocycles. The molecule has 31 heavy (non-hydrogen) atoms. The van der Waals surface area contributed by atoms with Gasteiger partial charge in [0.25, 0.3) is 11.6 Å². The largest absolute Gasteiger partial charge is 0.366 e. The van der Waals surface area contributed by atoms with Gasteiger partial charge in [-0.2, -0.15) is 0 Å². The van der Waals surface area contributed by atoms with E-state index < -0.39 is 4.92 Å². The maximum Gasteiger partial charge on any atom is 0.293 e. The van der Waals surface area contributed by atoms with Gasteiger partial charge in [-0.1, -0.05) is 19.3 Å². The molecule has 8 nitrogen and oxygen atoms in total. The summed E-state index contributed by atoms with van der Waals surface area (Å²) in [6.07, 6.45) is 9.21. The first-order valence-electron chi connectivity index (χ1n) is 11.7. The van der Waals surface area contributed by atoms with E-state index in [0.717, 1.165) is 64.5 Å². The molecule has 1 atom stereocenters. The van der Waals surface area contributed by atoms with Gasteiger partial charge in [0.05, 0.1) is 10.8 Å². The summed E-state index contributed by atoms with van der Waals surface area (Å²) in [5, 5.41) is 14.8. The van der Waals surface area contributed by atoms with Crippen molar-refractivity contribution in [1.82, 2.24) is 10.2 Å². The van der Waals surface area contributed by atoms with Crippen LogP contribution in [0.1, 0.15) is 68.1 Å². The van der Waals surface area contributed by atoms with Crippen LogP contribution in [0.5, 0.6) is 0 Å². The number of nitro benzene ring substituents is 1. The topological polar surface area (TPSA) is 95.8 Å². The van der Waals surface area contributed by atoms with E-state index in [1.807, 2.05) is 4.90 Å². The molecule has 1 aromatic rings. The number of hydrogen-bond donors (Lipinski definition) is 1. The molecular formula is C23H32N4O4. The Morgan fingerprint density at radius 1 is 0.968 bits per heavy atom. The van der Waals surface area contributed by atoms with Crippen molar-refractivity contribution in [3.8, 4) is 0 Å². The Bertz CT molecular complexity index is 831. The van der Waals surface area contributed by atoms with Crippen LogP contribution in [-0.2, 0) is 4.79 Å². The van der Waals surface area contributed by atoms with Crippen LogP contribution in [0.25, 0.3) is 0 Å². The van der Waals surface area contributed by atoms with Crippen molar-refractivity contribution in [2.75, 3.05) is 31.1 Å². The summed E-state index contributed by atoms with van der Waals surface area (Å²) < 4.78 is 0. The summed E-state index contributed by atoms with van der Waals surface area (Å²) in [4.78, 5) is 40.8. The van der Waals surface area contributed by atoms with Gasteiger partial charge in [0.1, 0.15) is 5.69 Å². The summed E-state index contributed by atoms with van der Waals surface area (Å²) in [6, 6.07) is 5.05. The highest BCUT2D eigenvalue weighted by Gasteiger charge is 2.31. The lowest BCUT2D eigenvalue weighted by Gasteiger charge is -2.33. The predicted octanol–water partition coefficient (Wildman–Crippen LogP) is 3.50. The van der Waals surface area contributed by atoms with Gasteiger partial charge in [-0.15, -0.1) is 0 Å². The Morgan fingerprint density at radius 2 is 1.71 bits per heavy atom. The number of carbonyl (C=O) groups is 2. The molecule has 8 heteroatoms. The maximum absolute atomic E-state index is 13.1. The van der Waals surface area contributed by atoms with E-state index in [2.05, 4.69) is 5.32 Å². The summed E-state index contributed by atoms with van der Waals surface area (Å²) in [5.74, 6) is -0.399. The number of likely N-dealkylation sites (tertiary alicyclic amines) is 1. The zero-order valence-corrected chi connectivity index (χ0v) is 18.1. The molecule has 4 rings (SSSR count). The quantitative estimate of drug-likeness (QED) is 0.572. The first kappa shape index (κ1) is 21.6. The average Bonchev–Trinajstić information content (AvgIpc) is 3.34. The molecule has 0 bridgehead atoms. The highest BCUT2D eigenvalue weighted by Crippen LogP contribution is 2.32. The van der Waals surface area contributed by atoms with Gasteiger partial charge in [-0.05, 0) is 50.7 Å². The van der Waals surface area contributed by atoms with Gasteiger partial charge < -0.3 is 15.1 Å². The number of rotatable bonds is 5. The third-order valence-corrected chi connectivity index (χ3v) is 6.90. The summed E-state index contributed by atoms with van der Waals surface area (Å²) in [7, 11) is 0. The molecule has 0 spiro atoms. The first-order chi connectivity index (χ1) is 15.0. The van der Waals surface area contributed by atoms with Crippen molar-refractivity contribution >= 4 is 23.2 Å². The van der Waals surface area contributed by atoms with Crippen LogP contribution >= 0.6 is 0 Å². The molecule has 168 valence electrons. The SMILES string of the molecule is O=C(NC1CCCCC1)C1CCCN(C(=O)c2ccc(N3CCCC3)c([N+](=O)[O-])c2)C1. The summed E-state index contributed by atoms with van der Waals surface area (Å²) >= 11 is 0. The highest BCUT2D eigenvalue weighted by atomic mass is 16.6. The molecular weight excluding hydrogens is 396 g/mol. The van der Waals surface area contributed by atoms with Crippen LogP contribution in [0.4, 0.5) is 11.4 Å². The normalized spacial score (nSPS) is 22.4. The van der Waals surface area contributed by atoms with Crippen LogP contribution in [0.15, 0.2) is 18.2 Å². The fourth-order valence-electron chi connectivity index (χ4n) is 5.15. The lowest BCUT2D eigenvalue weighted by Crippen LogP contribution is -2.48. The van der Waals surface area contributed by atoms with Gasteiger partial charge in [-0.25, -0.2) is 0 Å². The Morgan fingerprint density at radius 3 is 2.42 bits per heavy atom. The summed E-state index contributed by atoms with van der Waals surface area (Å²) in [5.41, 5.74) is 0.891. The van der Waals surface area contributed by atoms with Crippen molar-refractivity contribution in [3.05, 3.63) is 33.9 Å². The van der Waals surface area contributed by atoms with Crippen LogP contribution < -0.4 is 10.2 Å². The number of nitro groups is 1. The number of nitrogens with one attached hydrogen (secondary N) is 1. The molecule has 2 amide bonds. The van der Waals surface area contributed by atoms with Gasteiger partial charge in [0.15, 0.2) is 0 Å². The maximum atomic E-state index is 13.1. The highest BCUT2D eigenvalue weighted by molar-refractivity contribution is 5.96. The zero-order valence-electron chi connectivity index (χ0n) is 18.1. The van der Waals surface area contributed by atoms with Crippen LogP contribution in [0.3, 0.4) is 0 Å². The Kier molecular flexibility index (Phi) is 6.73. The van der Waals surface area contributed by atoms with Gasteiger partial charge in [0.2, 0.25) is 5.91 Å². The molecule has 2 aliphatic heterocycles. The van der Waals surface area contributed by atoms with E-state index >= 15 is 0 Å². The number of anilines is 1. The second kappa shape index (κ2) is 9.66. The molecule has 3 aliphatic rings. The van der Waals surface area contributed by atoms with Crippen molar-refractivity contribution < 1.29 is 14.5 Å². The fourth-order valence-corrected chi connectivity index (χ4v) is 5.15. The first-order valence-corrected chi connectivity index (χ1v) is 11.7. The number of piperidine rings is 1. The van der Waals surface area contributed by atoms with Gasteiger partial charge in [0, 0.05) is 43.9 Å². The Hall–Kier alpha value is -2.64. The Labute approximate surface area is 183 Å². The van der Waals surface area contributed by atoms with E-state index in [0.29, 0.717) is 24.3 Å². The lowest BCUT2D eigenvalue weighted by atomic mass is 9.92. The second-order valence-electron chi connectivity index (χ2n) is 9.09. The molecule has 2 heterocycles. The fraction of sp³-hybridized carbons (Fsp3) is 0.652. The minimum Gasteiger partial charge on any atom is -0.366 e. The van der Waals surface area contributed by atoms with Gasteiger partial charge >= 0.3 is 0 Å². The molecule has 1 aromatic carbocycles. The number of amides is 2. The zero-order chi connectivity index (χ0) is 21.8. The molecule has 2 saturated heterocycles.